The summed E-state index contributed by atoms with van der Waals surface area (Å²) < 4.78 is 12.9. The molecule has 0 N–H and O–H groups in total. The number of carbonyl (C=O) groups is 2. The van der Waals surface area contributed by atoms with Crippen LogP contribution in [-0.4, -0.2) is 21.5 Å². The van der Waals surface area contributed by atoms with Crippen molar-refractivity contribution >= 4 is 11.8 Å². The quantitative estimate of drug-likeness (QED) is 0.458. The minimum atomic E-state index is -0.303. The first kappa shape index (κ1) is 14.7. The van der Waals surface area contributed by atoms with Gasteiger partial charge in [-0.2, -0.15) is 5.10 Å². The zero-order valence-electron chi connectivity index (χ0n) is 13.6. The second kappa shape index (κ2) is 5.06. The largest absolute Gasteiger partial charge is 0.452 e. The molecule has 2 aliphatic rings. The molecule has 0 saturated heterocycles. The molecule has 6 nitrogen and oxygen atoms in total. The fourth-order valence-corrected chi connectivity index (χ4v) is 3.23. The van der Waals surface area contributed by atoms with E-state index in [0.717, 1.165) is 16.7 Å². The van der Waals surface area contributed by atoms with Crippen LogP contribution in [-0.2, 0) is 11.8 Å². The van der Waals surface area contributed by atoms with Crippen LogP contribution in [0.2, 0.25) is 0 Å². The van der Waals surface area contributed by atoms with E-state index in [4.69, 9.17) is 9.47 Å². The number of allylic oxidation sites excluding steroid dienone is 2. The average Bonchev–Trinajstić information content (AvgIpc) is 3.10. The lowest BCUT2D eigenvalue weighted by Crippen LogP contribution is -2.21. The fourth-order valence-electron chi connectivity index (χ4n) is 3.23. The monoisotopic (exact) mass is 324 g/mol. The van der Waals surface area contributed by atoms with Crippen LogP contribution in [0.4, 0.5) is 0 Å². The van der Waals surface area contributed by atoms with Gasteiger partial charge in [-0.15, -0.1) is 0 Å². The number of carbonyl (C=O) groups excluding carboxylic acids is 2. The molecule has 0 amide bonds. The van der Waals surface area contributed by atoms with Gasteiger partial charge in [0, 0.05) is 24.7 Å². The van der Waals surface area contributed by atoms with E-state index in [-0.39, 0.29) is 24.1 Å². The Bertz CT molecular complexity index is 919. The van der Waals surface area contributed by atoms with Crippen LogP contribution in [0.25, 0.3) is 0 Å². The summed E-state index contributed by atoms with van der Waals surface area (Å²) in [7, 11) is 1.82. The molecule has 0 fully saturated rings. The van der Waals surface area contributed by atoms with Crippen molar-refractivity contribution in [3.8, 4) is 11.5 Å². The summed E-state index contributed by atoms with van der Waals surface area (Å²) in [4.78, 5) is 24.5. The third-order valence-corrected chi connectivity index (χ3v) is 4.34. The van der Waals surface area contributed by atoms with Crippen molar-refractivity contribution in [1.29, 1.82) is 0 Å². The number of benzene rings is 1. The van der Waals surface area contributed by atoms with E-state index in [9.17, 15) is 9.59 Å². The number of nitrogens with zero attached hydrogens (tertiary/aromatic N) is 2. The molecule has 6 heteroatoms. The lowest BCUT2D eigenvalue weighted by Gasteiger charge is -2.25. The summed E-state index contributed by atoms with van der Waals surface area (Å²) >= 11 is 0. The number of aromatic nitrogens is 2. The molecule has 1 aromatic heterocycles. The van der Waals surface area contributed by atoms with Crippen molar-refractivity contribution in [2.75, 3.05) is 0 Å². The van der Waals surface area contributed by atoms with Crippen LogP contribution in [0.15, 0.2) is 35.9 Å². The van der Waals surface area contributed by atoms with Gasteiger partial charge in [0.1, 0.15) is 11.5 Å². The first-order valence-electron chi connectivity index (χ1n) is 7.72. The molecule has 0 saturated carbocycles. The SMILES string of the molecule is CC(C)=C1Oc2c(ccc3c2C(c2cnn(C)c2)CC(=O)O3)C1=O. The van der Waals surface area contributed by atoms with E-state index in [1.54, 1.807) is 23.0 Å². The van der Waals surface area contributed by atoms with Gasteiger partial charge >= 0.3 is 5.97 Å². The van der Waals surface area contributed by atoms with Crippen molar-refractivity contribution in [1.82, 2.24) is 9.78 Å². The van der Waals surface area contributed by atoms with Crippen molar-refractivity contribution in [3.63, 3.8) is 0 Å². The van der Waals surface area contributed by atoms with E-state index >= 15 is 0 Å². The van der Waals surface area contributed by atoms with Crippen molar-refractivity contribution in [2.24, 2.45) is 7.05 Å². The first-order valence-corrected chi connectivity index (χ1v) is 7.72. The Morgan fingerprint density at radius 3 is 2.71 bits per heavy atom. The van der Waals surface area contributed by atoms with Gasteiger partial charge in [-0.1, -0.05) is 0 Å². The second-order valence-electron chi connectivity index (χ2n) is 6.29. The molecule has 0 bridgehead atoms. The van der Waals surface area contributed by atoms with Crippen molar-refractivity contribution < 1.29 is 19.1 Å². The predicted molar refractivity (Wildman–Crippen MR) is 85.1 cm³/mol. The highest BCUT2D eigenvalue weighted by Gasteiger charge is 2.39. The number of hydrogen-bond donors (Lipinski definition) is 0. The van der Waals surface area contributed by atoms with Gasteiger partial charge < -0.3 is 9.47 Å². The molecule has 4 rings (SSSR count). The lowest BCUT2D eigenvalue weighted by molar-refractivity contribution is -0.135. The summed E-state index contributed by atoms with van der Waals surface area (Å²) in [5.74, 6) is 0.615. The summed E-state index contributed by atoms with van der Waals surface area (Å²) in [6.07, 6.45) is 3.78. The smallest absolute Gasteiger partial charge is 0.312 e. The third-order valence-electron chi connectivity index (χ3n) is 4.34. The summed E-state index contributed by atoms with van der Waals surface area (Å²) in [5, 5.41) is 4.19. The summed E-state index contributed by atoms with van der Waals surface area (Å²) in [5.41, 5.74) is 2.96. The Hall–Kier alpha value is -2.89. The third kappa shape index (κ3) is 2.06. The molecule has 24 heavy (non-hydrogen) atoms. The minimum absolute atomic E-state index is 0.130. The van der Waals surface area contributed by atoms with Gasteiger partial charge in [-0.05, 0) is 37.1 Å². The van der Waals surface area contributed by atoms with Crippen molar-refractivity contribution in [3.05, 3.63) is 52.5 Å². The number of ketones is 1. The van der Waals surface area contributed by atoms with Gasteiger partial charge in [0.25, 0.3) is 0 Å². The standard InChI is InChI=1S/C18H16N2O4/c1-9(2)17-16(22)11-4-5-13-15(18(11)24-17)12(6-14(21)23-13)10-7-19-20(3)8-10/h4-5,7-8,12H,6H2,1-3H3. The molecule has 0 radical (unpaired) electrons. The lowest BCUT2D eigenvalue weighted by atomic mass is 9.86. The number of esters is 1. The van der Waals surface area contributed by atoms with Crippen molar-refractivity contribution in [2.45, 2.75) is 26.2 Å². The highest BCUT2D eigenvalue weighted by atomic mass is 16.5. The van der Waals surface area contributed by atoms with Crippen LogP contribution in [0.5, 0.6) is 11.5 Å². The van der Waals surface area contributed by atoms with E-state index in [1.165, 1.54) is 0 Å². The average molecular weight is 324 g/mol. The molecule has 122 valence electrons. The summed E-state index contributed by atoms with van der Waals surface area (Å²) in [6, 6.07) is 3.33. The molecule has 1 unspecified atom stereocenters. The number of ether oxygens (including phenoxy) is 2. The van der Waals surface area contributed by atoms with Crippen LogP contribution in [0, 0.1) is 0 Å². The highest BCUT2D eigenvalue weighted by molar-refractivity contribution is 6.13. The first-order chi connectivity index (χ1) is 11.5. The van der Waals surface area contributed by atoms with Crippen LogP contribution >= 0.6 is 0 Å². The predicted octanol–water partition coefficient (Wildman–Crippen LogP) is 2.73. The number of hydrogen-bond acceptors (Lipinski definition) is 5. The van der Waals surface area contributed by atoms with Crippen LogP contribution < -0.4 is 9.47 Å². The molecule has 1 aromatic carbocycles. The Balaban J connectivity index is 1.93. The Kier molecular flexibility index (Phi) is 3.09. The maximum Gasteiger partial charge on any atom is 0.312 e. The Morgan fingerprint density at radius 2 is 2.04 bits per heavy atom. The van der Waals surface area contributed by atoms with E-state index < -0.39 is 0 Å². The van der Waals surface area contributed by atoms with Gasteiger partial charge in [-0.3, -0.25) is 14.3 Å². The number of rotatable bonds is 1. The number of aryl methyl sites for hydroxylation is 1. The molecular formula is C18H16N2O4. The Labute approximate surface area is 138 Å². The molecule has 2 aliphatic heterocycles. The van der Waals surface area contributed by atoms with Gasteiger partial charge in [0.05, 0.1) is 18.2 Å². The van der Waals surface area contributed by atoms with Gasteiger partial charge in [0.2, 0.25) is 5.78 Å². The van der Waals surface area contributed by atoms with Gasteiger partial charge in [0.15, 0.2) is 5.76 Å². The Morgan fingerprint density at radius 1 is 1.25 bits per heavy atom. The molecule has 3 heterocycles. The maximum absolute atomic E-state index is 12.5. The van der Waals surface area contributed by atoms with E-state index in [1.807, 2.05) is 27.1 Å². The normalized spacial score (nSPS) is 18.8. The highest BCUT2D eigenvalue weighted by Crippen LogP contribution is 2.48. The van der Waals surface area contributed by atoms with E-state index in [2.05, 4.69) is 5.10 Å². The fraction of sp³-hybridized carbons (Fsp3) is 0.278. The zero-order valence-corrected chi connectivity index (χ0v) is 13.6. The second-order valence-corrected chi connectivity index (χ2v) is 6.29. The minimum Gasteiger partial charge on any atom is -0.452 e. The van der Waals surface area contributed by atoms with E-state index in [0.29, 0.717) is 22.8 Å². The number of fused-ring (bicyclic) bond motifs is 3. The topological polar surface area (TPSA) is 70.4 Å². The molecular weight excluding hydrogens is 308 g/mol. The number of Topliss-reactive ketones (excluding diaryl/α,β-unsaturated/α-hetero) is 1. The molecule has 1 atom stereocenters. The zero-order chi connectivity index (χ0) is 17.0. The van der Waals surface area contributed by atoms with Crippen LogP contribution in [0.3, 0.4) is 0 Å². The molecule has 0 spiro atoms. The summed E-state index contributed by atoms with van der Waals surface area (Å²) in [6.45, 7) is 3.67. The van der Waals surface area contributed by atoms with Gasteiger partial charge in [-0.25, -0.2) is 0 Å². The maximum atomic E-state index is 12.5. The van der Waals surface area contributed by atoms with Crippen LogP contribution in [0.1, 0.15) is 47.7 Å². The molecule has 0 aliphatic carbocycles. The molecule has 2 aromatic rings.